The molecule has 2 nitrogen and oxygen atoms in total. The fourth-order valence-corrected chi connectivity index (χ4v) is 3.52. The van der Waals surface area contributed by atoms with Gasteiger partial charge in [-0.2, -0.15) is 0 Å². The molecular weight excluding hydrogens is 308 g/mol. The third kappa shape index (κ3) is 3.20. The van der Waals surface area contributed by atoms with Crippen LogP contribution in [0.5, 0.6) is 0 Å². The minimum atomic E-state index is 0.0666. The van der Waals surface area contributed by atoms with Crippen LogP contribution in [0, 0.1) is 0 Å². The summed E-state index contributed by atoms with van der Waals surface area (Å²) in [7, 11) is 0. The fourth-order valence-electron chi connectivity index (χ4n) is 1.99. The molecule has 4 heteroatoms. The van der Waals surface area contributed by atoms with E-state index in [9.17, 15) is 0 Å². The smallest absolute Gasteiger partial charge is 0.0802 e. The lowest BCUT2D eigenvalue weighted by atomic mass is 10.0. The second kappa shape index (κ2) is 6.48. The molecule has 0 spiro atoms. The Bertz CT molecular complexity index is 493. The van der Waals surface area contributed by atoms with Gasteiger partial charge in [-0.05, 0) is 39.5 Å². The molecule has 1 heterocycles. The molecule has 0 saturated heterocycles. The van der Waals surface area contributed by atoms with Gasteiger partial charge in [0.15, 0.2) is 0 Å². The van der Waals surface area contributed by atoms with E-state index in [0.717, 1.165) is 10.9 Å². The molecule has 18 heavy (non-hydrogen) atoms. The van der Waals surface area contributed by atoms with Gasteiger partial charge in [-0.1, -0.05) is 37.6 Å². The van der Waals surface area contributed by atoms with Gasteiger partial charge in [0.25, 0.3) is 0 Å². The first kappa shape index (κ1) is 13.7. The highest BCUT2D eigenvalue weighted by Gasteiger charge is 2.14. The third-order valence-electron chi connectivity index (χ3n) is 2.89. The maximum atomic E-state index is 5.68. The van der Waals surface area contributed by atoms with Crippen LogP contribution in [0.4, 0.5) is 0 Å². The van der Waals surface area contributed by atoms with Gasteiger partial charge < -0.3 is 0 Å². The lowest BCUT2D eigenvalue weighted by Crippen LogP contribution is -2.28. The van der Waals surface area contributed by atoms with Crippen molar-refractivity contribution in [1.82, 2.24) is 5.43 Å². The van der Waals surface area contributed by atoms with Gasteiger partial charge in [-0.25, -0.2) is 5.43 Å². The van der Waals surface area contributed by atoms with E-state index in [0.29, 0.717) is 0 Å². The first-order valence-electron chi connectivity index (χ1n) is 6.03. The maximum Gasteiger partial charge on any atom is 0.0802 e. The molecule has 0 aliphatic rings. The van der Waals surface area contributed by atoms with Crippen LogP contribution in [0.3, 0.4) is 0 Å². The Labute approximate surface area is 120 Å². The highest BCUT2D eigenvalue weighted by atomic mass is 79.9. The number of halogens is 1. The summed E-state index contributed by atoms with van der Waals surface area (Å²) in [5.74, 6) is 5.68. The predicted molar refractivity (Wildman–Crippen MR) is 81.6 cm³/mol. The number of hydrazine groups is 1. The molecule has 96 valence electrons. The van der Waals surface area contributed by atoms with Gasteiger partial charge >= 0.3 is 0 Å². The van der Waals surface area contributed by atoms with Crippen LogP contribution in [0.15, 0.2) is 40.2 Å². The lowest BCUT2D eigenvalue weighted by molar-refractivity contribution is 0.646. The Balaban J connectivity index is 2.22. The van der Waals surface area contributed by atoms with Gasteiger partial charge in [0, 0.05) is 14.7 Å². The topological polar surface area (TPSA) is 38.0 Å². The van der Waals surface area contributed by atoms with Crippen LogP contribution in [0.2, 0.25) is 0 Å². The van der Waals surface area contributed by atoms with Crippen molar-refractivity contribution in [3.8, 4) is 0 Å². The summed E-state index contributed by atoms with van der Waals surface area (Å²) in [4.78, 5) is 1.22. The van der Waals surface area contributed by atoms with Crippen molar-refractivity contribution in [2.24, 2.45) is 5.84 Å². The number of rotatable bonds is 5. The van der Waals surface area contributed by atoms with Gasteiger partial charge in [0.1, 0.15) is 0 Å². The lowest BCUT2D eigenvalue weighted by Gasteiger charge is -2.15. The van der Waals surface area contributed by atoms with E-state index >= 15 is 0 Å². The molecular formula is C14H17BrN2S. The van der Waals surface area contributed by atoms with Gasteiger partial charge in [-0.15, -0.1) is 11.3 Å². The van der Waals surface area contributed by atoms with E-state index in [1.54, 1.807) is 11.3 Å². The highest BCUT2D eigenvalue weighted by molar-refractivity contribution is 9.10. The minimum absolute atomic E-state index is 0.0666. The third-order valence-corrected chi connectivity index (χ3v) is 4.65. The van der Waals surface area contributed by atoms with Crippen LogP contribution >= 0.6 is 27.3 Å². The Morgan fingerprint density at radius 2 is 2.06 bits per heavy atom. The Morgan fingerprint density at radius 3 is 2.56 bits per heavy atom. The zero-order valence-corrected chi connectivity index (χ0v) is 12.7. The van der Waals surface area contributed by atoms with Crippen molar-refractivity contribution in [2.75, 3.05) is 0 Å². The number of aryl methyl sites for hydroxylation is 1. The highest BCUT2D eigenvalue weighted by Crippen LogP contribution is 2.29. The molecule has 0 radical (unpaired) electrons. The molecule has 2 aromatic rings. The summed E-state index contributed by atoms with van der Waals surface area (Å²) in [5.41, 5.74) is 5.47. The van der Waals surface area contributed by atoms with Gasteiger partial charge in [-0.3, -0.25) is 5.84 Å². The Morgan fingerprint density at radius 1 is 1.33 bits per heavy atom. The molecule has 1 aromatic heterocycles. The molecule has 0 saturated carbocycles. The van der Waals surface area contributed by atoms with Crippen molar-refractivity contribution in [1.29, 1.82) is 0 Å². The van der Waals surface area contributed by atoms with Crippen LogP contribution in [-0.4, -0.2) is 0 Å². The summed E-state index contributed by atoms with van der Waals surface area (Å²) in [6.07, 6.45) is 2.31. The normalized spacial score (nSPS) is 12.6. The molecule has 1 unspecified atom stereocenters. The Kier molecular flexibility index (Phi) is 4.95. The van der Waals surface area contributed by atoms with Crippen LogP contribution in [-0.2, 0) is 6.42 Å². The van der Waals surface area contributed by atoms with Crippen molar-refractivity contribution in [3.05, 3.63) is 56.2 Å². The number of nitrogens with one attached hydrogen (secondary N) is 1. The SMILES string of the molecule is CCCc1ccc(C(NN)c2cc(Br)cs2)cc1. The largest absolute Gasteiger partial charge is 0.271 e. The Hall–Kier alpha value is -0.680. The molecule has 1 aromatic carbocycles. The summed E-state index contributed by atoms with van der Waals surface area (Å²) >= 11 is 5.18. The number of benzene rings is 1. The van der Waals surface area contributed by atoms with E-state index in [2.05, 4.69) is 64.0 Å². The van der Waals surface area contributed by atoms with Crippen LogP contribution < -0.4 is 11.3 Å². The van der Waals surface area contributed by atoms with E-state index in [-0.39, 0.29) is 6.04 Å². The second-order valence-electron chi connectivity index (χ2n) is 4.26. The predicted octanol–water partition coefficient (Wildman–Crippen LogP) is 4.02. The summed E-state index contributed by atoms with van der Waals surface area (Å²) < 4.78 is 1.10. The molecule has 0 aliphatic carbocycles. The quantitative estimate of drug-likeness (QED) is 0.644. The number of hydrogen-bond donors (Lipinski definition) is 2. The van der Waals surface area contributed by atoms with Crippen molar-refractivity contribution >= 4 is 27.3 Å². The van der Waals surface area contributed by atoms with E-state index in [4.69, 9.17) is 5.84 Å². The van der Waals surface area contributed by atoms with Gasteiger partial charge in [0.2, 0.25) is 0 Å². The molecule has 2 rings (SSSR count). The first-order chi connectivity index (χ1) is 8.74. The van der Waals surface area contributed by atoms with Crippen LogP contribution in [0.25, 0.3) is 0 Å². The molecule has 1 atom stereocenters. The van der Waals surface area contributed by atoms with E-state index in [1.165, 1.54) is 22.4 Å². The molecule has 3 N–H and O–H groups in total. The fraction of sp³-hybridized carbons (Fsp3) is 0.286. The van der Waals surface area contributed by atoms with E-state index in [1.807, 2.05) is 0 Å². The monoisotopic (exact) mass is 324 g/mol. The zero-order chi connectivity index (χ0) is 13.0. The van der Waals surface area contributed by atoms with Crippen molar-refractivity contribution in [3.63, 3.8) is 0 Å². The number of thiophene rings is 1. The molecule has 0 aliphatic heterocycles. The van der Waals surface area contributed by atoms with Crippen LogP contribution in [0.1, 0.15) is 35.4 Å². The first-order valence-corrected chi connectivity index (χ1v) is 7.70. The molecule has 0 bridgehead atoms. The van der Waals surface area contributed by atoms with Gasteiger partial charge in [0.05, 0.1) is 6.04 Å². The average molecular weight is 325 g/mol. The maximum absolute atomic E-state index is 5.68. The van der Waals surface area contributed by atoms with E-state index < -0.39 is 0 Å². The average Bonchev–Trinajstić information content (AvgIpc) is 2.79. The summed E-state index contributed by atoms with van der Waals surface area (Å²) in [6, 6.07) is 10.9. The molecule has 0 fully saturated rings. The number of hydrogen-bond acceptors (Lipinski definition) is 3. The summed E-state index contributed by atoms with van der Waals surface area (Å²) in [6.45, 7) is 2.20. The second-order valence-corrected chi connectivity index (χ2v) is 6.12. The standard InChI is InChI=1S/C14H17BrN2S/c1-2-3-10-4-6-11(7-5-10)14(17-16)13-8-12(15)9-18-13/h4-9,14,17H,2-3,16H2,1H3. The van der Waals surface area contributed by atoms with Crippen molar-refractivity contribution in [2.45, 2.75) is 25.8 Å². The minimum Gasteiger partial charge on any atom is -0.271 e. The molecule has 0 amide bonds. The summed E-state index contributed by atoms with van der Waals surface area (Å²) in [5, 5.41) is 2.07. The van der Waals surface area contributed by atoms with Crippen molar-refractivity contribution < 1.29 is 0 Å². The number of nitrogens with two attached hydrogens (primary N) is 1. The zero-order valence-electron chi connectivity index (χ0n) is 10.3.